The maximum absolute atomic E-state index is 11.1. The van der Waals surface area contributed by atoms with Crippen LogP contribution in [0.25, 0.3) is 0 Å². The molecule has 11 heteroatoms. The molecule has 1 heterocycles. The minimum absolute atomic E-state index is 0.00714. The van der Waals surface area contributed by atoms with Gasteiger partial charge in [-0.25, -0.2) is 23.5 Å². The molecule has 0 saturated heterocycles. The molecule has 22 heavy (non-hydrogen) atoms. The number of benzene rings is 1. The van der Waals surface area contributed by atoms with Crippen molar-refractivity contribution in [2.24, 2.45) is 5.14 Å². The van der Waals surface area contributed by atoms with Crippen molar-refractivity contribution in [3.05, 3.63) is 46.8 Å². The highest BCUT2D eigenvalue weighted by atomic mass is 32.2. The van der Waals surface area contributed by atoms with E-state index in [1.54, 1.807) is 7.05 Å². The van der Waals surface area contributed by atoms with Crippen LogP contribution in [0.2, 0.25) is 0 Å². The van der Waals surface area contributed by atoms with Gasteiger partial charge in [-0.3, -0.25) is 20.5 Å². The normalized spacial score (nSPS) is 11.0. The number of rotatable bonds is 5. The molecule has 2 rings (SSSR count). The van der Waals surface area contributed by atoms with E-state index in [1.807, 2.05) is 0 Å². The molecular formula is C11H12N6O4S. The first-order valence-electron chi connectivity index (χ1n) is 5.87. The summed E-state index contributed by atoms with van der Waals surface area (Å²) in [5.41, 5.74) is 3.24. The number of sulfonamides is 1. The standard InChI is InChI=1S/C11H12N6O4S/c1-16(11-13-6-9(7-14-11)17(18)19)15-8-2-4-10(5-3-8)22(12,20)21/h2-7,15H,1H3,(H2,12,20,21). The van der Waals surface area contributed by atoms with Crippen LogP contribution in [-0.2, 0) is 10.0 Å². The Morgan fingerprint density at radius 2 is 1.77 bits per heavy atom. The third kappa shape index (κ3) is 3.65. The number of aromatic nitrogens is 2. The van der Waals surface area contributed by atoms with E-state index in [9.17, 15) is 18.5 Å². The van der Waals surface area contributed by atoms with Crippen LogP contribution < -0.4 is 15.6 Å². The van der Waals surface area contributed by atoms with Crippen LogP contribution in [0.3, 0.4) is 0 Å². The fourth-order valence-electron chi connectivity index (χ4n) is 1.54. The molecule has 0 radical (unpaired) electrons. The maximum atomic E-state index is 11.1. The van der Waals surface area contributed by atoms with Crippen LogP contribution >= 0.6 is 0 Å². The Kier molecular flexibility index (Phi) is 4.19. The third-order valence-electron chi connectivity index (χ3n) is 2.62. The largest absolute Gasteiger partial charge is 0.305 e. The molecule has 116 valence electrons. The molecule has 2 aromatic rings. The van der Waals surface area contributed by atoms with Crippen molar-refractivity contribution in [3.8, 4) is 0 Å². The summed E-state index contributed by atoms with van der Waals surface area (Å²) in [6.45, 7) is 0. The van der Waals surface area contributed by atoms with Gasteiger partial charge in [0.1, 0.15) is 12.4 Å². The second-order valence-corrected chi connectivity index (χ2v) is 5.80. The number of primary sulfonamides is 1. The minimum Gasteiger partial charge on any atom is -0.296 e. The molecule has 1 aromatic heterocycles. The van der Waals surface area contributed by atoms with Crippen LogP contribution in [0.4, 0.5) is 17.3 Å². The molecule has 0 aliphatic carbocycles. The topological polar surface area (TPSA) is 144 Å². The van der Waals surface area contributed by atoms with Crippen molar-refractivity contribution in [2.75, 3.05) is 17.5 Å². The highest BCUT2D eigenvalue weighted by Crippen LogP contribution is 2.15. The van der Waals surface area contributed by atoms with Crippen molar-refractivity contribution in [3.63, 3.8) is 0 Å². The molecule has 0 bridgehead atoms. The summed E-state index contributed by atoms with van der Waals surface area (Å²) >= 11 is 0. The fraction of sp³-hybridized carbons (Fsp3) is 0.0909. The Morgan fingerprint density at radius 3 is 2.23 bits per heavy atom. The van der Waals surface area contributed by atoms with Gasteiger partial charge < -0.3 is 0 Å². The lowest BCUT2D eigenvalue weighted by molar-refractivity contribution is -0.385. The zero-order valence-corrected chi connectivity index (χ0v) is 12.2. The maximum Gasteiger partial charge on any atom is 0.305 e. The third-order valence-corrected chi connectivity index (χ3v) is 3.54. The predicted octanol–water partition coefficient (Wildman–Crippen LogP) is 0.496. The van der Waals surface area contributed by atoms with Crippen molar-refractivity contribution in [1.29, 1.82) is 0 Å². The van der Waals surface area contributed by atoms with E-state index in [2.05, 4.69) is 15.4 Å². The number of hydrogen-bond donors (Lipinski definition) is 2. The SMILES string of the molecule is CN(Nc1ccc(S(N)(=O)=O)cc1)c1ncc([N+](=O)[O-])cn1. The van der Waals surface area contributed by atoms with Gasteiger partial charge in [0.2, 0.25) is 16.0 Å². The van der Waals surface area contributed by atoms with Crippen LogP contribution in [0.15, 0.2) is 41.6 Å². The van der Waals surface area contributed by atoms with Gasteiger partial charge in [0.15, 0.2) is 0 Å². The lowest BCUT2D eigenvalue weighted by Crippen LogP contribution is -2.26. The van der Waals surface area contributed by atoms with Gasteiger partial charge >= 0.3 is 5.69 Å². The average molecular weight is 324 g/mol. The molecule has 10 nitrogen and oxygen atoms in total. The van der Waals surface area contributed by atoms with E-state index in [-0.39, 0.29) is 16.5 Å². The number of nitrogens with two attached hydrogens (primary N) is 1. The smallest absolute Gasteiger partial charge is 0.296 e. The van der Waals surface area contributed by atoms with Crippen LogP contribution in [0, 0.1) is 10.1 Å². The summed E-state index contributed by atoms with van der Waals surface area (Å²) in [5.74, 6) is 0.209. The van der Waals surface area contributed by atoms with Gasteiger partial charge in [-0.15, -0.1) is 0 Å². The van der Waals surface area contributed by atoms with E-state index < -0.39 is 14.9 Å². The lowest BCUT2D eigenvalue weighted by atomic mass is 10.3. The molecule has 0 spiro atoms. The van der Waals surface area contributed by atoms with E-state index >= 15 is 0 Å². The van der Waals surface area contributed by atoms with E-state index in [0.717, 1.165) is 12.4 Å². The quantitative estimate of drug-likeness (QED) is 0.597. The second-order valence-electron chi connectivity index (χ2n) is 4.24. The molecule has 0 aliphatic rings. The lowest BCUT2D eigenvalue weighted by Gasteiger charge is -2.19. The number of hydrazine groups is 1. The molecule has 1 aromatic carbocycles. The van der Waals surface area contributed by atoms with E-state index in [4.69, 9.17) is 5.14 Å². The van der Waals surface area contributed by atoms with Gasteiger partial charge in [-0.05, 0) is 24.3 Å². The van der Waals surface area contributed by atoms with Gasteiger partial charge in [0.25, 0.3) is 0 Å². The Balaban J connectivity index is 2.11. The van der Waals surface area contributed by atoms with Crippen molar-refractivity contribution < 1.29 is 13.3 Å². The molecule has 0 atom stereocenters. The highest BCUT2D eigenvalue weighted by Gasteiger charge is 2.11. The number of nitro groups is 1. The second kappa shape index (κ2) is 5.91. The van der Waals surface area contributed by atoms with Crippen LogP contribution in [0.5, 0.6) is 0 Å². The number of nitrogens with one attached hydrogen (secondary N) is 1. The summed E-state index contributed by atoms with van der Waals surface area (Å²) in [4.78, 5) is 17.6. The van der Waals surface area contributed by atoms with Crippen molar-refractivity contribution in [1.82, 2.24) is 9.97 Å². The number of anilines is 2. The average Bonchev–Trinajstić information content (AvgIpc) is 2.47. The van der Waals surface area contributed by atoms with Crippen LogP contribution in [-0.4, -0.2) is 30.4 Å². The Bertz CT molecular complexity index is 775. The first-order chi connectivity index (χ1) is 10.3. The Labute approximate surface area is 125 Å². The summed E-state index contributed by atoms with van der Waals surface area (Å²) in [6, 6.07) is 5.73. The number of hydrogen-bond acceptors (Lipinski definition) is 8. The van der Waals surface area contributed by atoms with Gasteiger partial charge in [0.05, 0.1) is 15.5 Å². The van der Waals surface area contributed by atoms with E-state index in [0.29, 0.717) is 5.69 Å². The zero-order chi connectivity index (χ0) is 16.3. The summed E-state index contributed by atoms with van der Waals surface area (Å²) in [6.07, 6.45) is 2.18. The first-order valence-corrected chi connectivity index (χ1v) is 7.41. The Hall–Kier alpha value is -2.79. The first kappa shape index (κ1) is 15.6. The molecular weight excluding hydrogens is 312 g/mol. The van der Waals surface area contributed by atoms with Crippen LogP contribution in [0.1, 0.15) is 0 Å². The van der Waals surface area contributed by atoms with Crippen molar-refractivity contribution >= 4 is 27.3 Å². The molecule has 0 fully saturated rings. The molecule has 0 unspecified atom stereocenters. The van der Waals surface area contributed by atoms with Gasteiger partial charge in [-0.1, -0.05) is 0 Å². The van der Waals surface area contributed by atoms with Crippen molar-refractivity contribution in [2.45, 2.75) is 4.90 Å². The molecule has 0 amide bonds. The summed E-state index contributed by atoms with van der Waals surface area (Å²) in [5, 5.41) is 17.0. The molecule has 0 saturated carbocycles. The Morgan fingerprint density at radius 1 is 1.23 bits per heavy atom. The van der Waals surface area contributed by atoms with Gasteiger partial charge in [0, 0.05) is 7.05 Å². The fourth-order valence-corrected chi connectivity index (χ4v) is 2.06. The van der Waals surface area contributed by atoms with Gasteiger partial charge in [-0.2, -0.15) is 0 Å². The molecule has 0 aliphatic heterocycles. The monoisotopic (exact) mass is 324 g/mol. The minimum atomic E-state index is -3.74. The number of nitrogens with zero attached hydrogens (tertiary/aromatic N) is 4. The zero-order valence-electron chi connectivity index (χ0n) is 11.4. The predicted molar refractivity (Wildman–Crippen MR) is 78.5 cm³/mol. The van der Waals surface area contributed by atoms with E-state index in [1.165, 1.54) is 29.3 Å². The summed E-state index contributed by atoms with van der Waals surface area (Å²) < 4.78 is 22.3. The highest BCUT2D eigenvalue weighted by molar-refractivity contribution is 7.89. The molecule has 3 N–H and O–H groups in total. The summed E-state index contributed by atoms with van der Waals surface area (Å²) in [7, 11) is -2.14.